The molecule has 1 aliphatic heterocycles. The second kappa shape index (κ2) is 9.00. The molecule has 1 fully saturated rings. The Morgan fingerprint density at radius 1 is 1.10 bits per heavy atom. The Kier molecular flexibility index (Phi) is 6.18. The van der Waals surface area contributed by atoms with Gasteiger partial charge < -0.3 is 14.8 Å². The van der Waals surface area contributed by atoms with E-state index in [1.165, 1.54) is 28.8 Å². The molecule has 0 atom stereocenters. The van der Waals surface area contributed by atoms with Crippen molar-refractivity contribution in [3.05, 3.63) is 71.2 Å². The molecular weight excluding hydrogens is 377 g/mol. The minimum absolute atomic E-state index is 0.0135. The van der Waals surface area contributed by atoms with Gasteiger partial charge in [-0.2, -0.15) is 0 Å². The lowest BCUT2D eigenvalue weighted by Gasteiger charge is -2.34. The first kappa shape index (κ1) is 20.6. The third-order valence-corrected chi connectivity index (χ3v) is 6.19. The van der Waals surface area contributed by atoms with Gasteiger partial charge in [0.15, 0.2) is 0 Å². The molecule has 1 N–H and O–H groups in total. The van der Waals surface area contributed by atoms with Crippen LogP contribution in [0.4, 0.5) is 4.39 Å². The normalized spacial score (nSPS) is 15.6. The number of amides is 1. The number of carbonyl (C=O) groups is 1. The van der Waals surface area contributed by atoms with Gasteiger partial charge in [-0.05, 0) is 74.4 Å². The number of nitrogens with zero attached hydrogens (tertiary/aromatic N) is 2. The summed E-state index contributed by atoms with van der Waals surface area (Å²) < 4.78 is 15.5. The number of hydrogen-bond acceptors (Lipinski definition) is 2. The highest BCUT2D eigenvalue weighted by Crippen LogP contribution is 2.31. The molecule has 0 aliphatic carbocycles. The number of hydrogen-bond donors (Lipinski definition) is 1. The Balaban J connectivity index is 1.43. The monoisotopic (exact) mass is 407 g/mol. The van der Waals surface area contributed by atoms with E-state index in [1.807, 2.05) is 31.2 Å². The van der Waals surface area contributed by atoms with Crippen LogP contribution in [0.1, 0.15) is 47.4 Å². The van der Waals surface area contributed by atoms with Crippen LogP contribution < -0.4 is 5.32 Å². The van der Waals surface area contributed by atoms with Crippen molar-refractivity contribution >= 4 is 16.8 Å². The number of nitrogens with one attached hydrogen (secondary N) is 1. The summed E-state index contributed by atoms with van der Waals surface area (Å²) in [6.07, 6.45) is 3.14. The van der Waals surface area contributed by atoms with Gasteiger partial charge in [0.05, 0.1) is 0 Å². The predicted octanol–water partition coefficient (Wildman–Crippen LogP) is 4.72. The van der Waals surface area contributed by atoms with Crippen LogP contribution in [0.2, 0.25) is 0 Å². The van der Waals surface area contributed by atoms with Gasteiger partial charge in [-0.1, -0.05) is 18.2 Å². The van der Waals surface area contributed by atoms with E-state index >= 15 is 0 Å². The SMILES string of the molecule is CCNC(=O)c1ccc2cc(C)n(C3CCN(CCc4ccc(F)cc4)CC3)c2c1. The molecule has 1 saturated heterocycles. The maximum atomic E-state index is 13.1. The first-order valence-electron chi connectivity index (χ1n) is 10.9. The minimum Gasteiger partial charge on any atom is -0.352 e. The summed E-state index contributed by atoms with van der Waals surface area (Å²) in [6, 6.07) is 15.5. The number of aromatic nitrogens is 1. The molecule has 30 heavy (non-hydrogen) atoms. The zero-order valence-electron chi connectivity index (χ0n) is 17.8. The molecule has 0 spiro atoms. The summed E-state index contributed by atoms with van der Waals surface area (Å²) in [6.45, 7) is 7.85. The van der Waals surface area contributed by atoms with E-state index < -0.39 is 0 Å². The van der Waals surface area contributed by atoms with Crippen molar-refractivity contribution in [3.8, 4) is 0 Å². The molecule has 2 aromatic carbocycles. The smallest absolute Gasteiger partial charge is 0.251 e. The second-order valence-electron chi connectivity index (χ2n) is 8.24. The Bertz CT molecular complexity index is 1020. The molecule has 4 rings (SSSR count). The zero-order chi connectivity index (χ0) is 21.1. The number of carbonyl (C=O) groups excluding carboxylic acids is 1. The molecule has 3 aromatic rings. The van der Waals surface area contributed by atoms with E-state index in [0.29, 0.717) is 12.6 Å². The highest BCUT2D eigenvalue weighted by Gasteiger charge is 2.23. The van der Waals surface area contributed by atoms with Crippen molar-refractivity contribution in [1.82, 2.24) is 14.8 Å². The second-order valence-corrected chi connectivity index (χ2v) is 8.24. The fraction of sp³-hybridized carbons (Fsp3) is 0.400. The van der Waals surface area contributed by atoms with Crippen LogP contribution in [0.3, 0.4) is 0 Å². The molecule has 0 saturated carbocycles. The van der Waals surface area contributed by atoms with Gasteiger partial charge in [0, 0.05) is 49.0 Å². The van der Waals surface area contributed by atoms with Crippen LogP contribution in [-0.2, 0) is 6.42 Å². The van der Waals surface area contributed by atoms with Crippen molar-refractivity contribution in [1.29, 1.82) is 0 Å². The Morgan fingerprint density at radius 3 is 2.53 bits per heavy atom. The maximum Gasteiger partial charge on any atom is 0.251 e. The number of benzene rings is 2. The summed E-state index contributed by atoms with van der Waals surface area (Å²) >= 11 is 0. The highest BCUT2D eigenvalue weighted by molar-refractivity contribution is 5.98. The summed E-state index contributed by atoms with van der Waals surface area (Å²) in [5.74, 6) is -0.190. The maximum absolute atomic E-state index is 13.1. The average Bonchev–Trinajstić information content (AvgIpc) is 3.09. The van der Waals surface area contributed by atoms with Crippen molar-refractivity contribution in [2.75, 3.05) is 26.2 Å². The van der Waals surface area contributed by atoms with Crippen LogP contribution in [0, 0.1) is 12.7 Å². The molecule has 0 radical (unpaired) electrons. The molecule has 4 nitrogen and oxygen atoms in total. The molecule has 2 heterocycles. The van der Waals surface area contributed by atoms with Crippen molar-refractivity contribution in [3.63, 3.8) is 0 Å². The van der Waals surface area contributed by atoms with Gasteiger partial charge in [-0.3, -0.25) is 4.79 Å². The third-order valence-electron chi connectivity index (χ3n) is 6.19. The van der Waals surface area contributed by atoms with E-state index in [0.717, 1.165) is 50.0 Å². The number of piperidine rings is 1. The van der Waals surface area contributed by atoms with Gasteiger partial charge in [-0.15, -0.1) is 0 Å². The number of aryl methyl sites for hydroxylation is 1. The molecule has 1 amide bonds. The lowest BCUT2D eigenvalue weighted by atomic mass is 10.0. The van der Waals surface area contributed by atoms with Gasteiger partial charge in [-0.25, -0.2) is 4.39 Å². The first-order valence-corrected chi connectivity index (χ1v) is 10.9. The molecule has 1 aliphatic rings. The first-order chi connectivity index (χ1) is 14.5. The molecule has 1 aromatic heterocycles. The minimum atomic E-state index is -0.177. The highest BCUT2D eigenvalue weighted by atomic mass is 19.1. The number of fused-ring (bicyclic) bond motifs is 1. The van der Waals surface area contributed by atoms with Crippen LogP contribution in [0.25, 0.3) is 10.9 Å². The van der Waals surface area contributed by atoms with Crippen LogP contribution >= 0.6 is 0 Å². The van der Waals surface area contributed by atoms with Gasteiger partial charge in [0.25, 0.3) is 5.91 Å². The average molecular weight is 408 g/mol. The lowest BCUT2D eigenvalue weighted by molar-refractivity contribution is 0.0956. The summed E-state index contributed by atoms with van der Waals surface area (Å²) in [5.41, 5.74) is 4.31. The van der Waals surface area contributed by atoms with E-state index in [-0.39, 0.29) is 11.7 Å². The molecule has 158 valence electrons. The van der Waals surface area contributed by atoms with E-state index in [2.05, 4.69) is 33.8 Å². The zero-order valence-corrected chi connectivity index (χ0v) is 17.8. The fourth-order valence-electron chi connectivity index (χ4n) is 4.59. The van der Waals surface area contributed by atoms with E-state index in [1.54, 1.807) is 0 Å². The molecule has 0 bridgehead atoms. The fourth-order valence-corrected chi connectivity index (χ4v) is 4.59. The Labute approximate surface area is 177 Å². The topological polar surface area (TPSA) is 37.3 Å². The number of halogens is 1. The van der Waals surface area contributed by atoms with Gasteiger partial charge >= 0.3 is 0 Å². The predicted molar refractivity (Wildman–Crippen MR) is 119 cm³/mol. The summed E-state index contributed by atoms with van der Waals surface area (Å²) in [5, 5.41) is 4.09. The number of rotatable bonds is 6. The largest absolute Gasteiger partial charge is 0.352 e. The Morgan fingerprint density at radius 2 is 1.83 bits per heavy atom. The van der Waals surface area contributed by atoms with Crippen molar-refractivity contribution < 1.29 is 9.18 Å². The quantitative estimate of drug-likeness (QED) is 0.642. The van der Waals surface area contributed by atoms with E-state index in [9.17, 15) is 9.18 Å². The standard InChI is InChI=1S/C25H30FN3O/c1-3-27-25(30)21-7-6-20-16-18(2)29(24(20)17-21)23-11-14-28(15-12-23)13-10-19-4-8-22(26)9-5-19/h4-9,16-17,23H,3,10-15H2,1-2H3,(H,27,30). The van der Waals surface area contributed by atoms with Crippen LogP contribution in [-0.4, -0.2) is 41.6 Å². The van der Waals surface area contributed by atoms with E-state index in [4.69, 9.17) is 0 Å². The van der Waals surface area contributed by atoms with Crippen molar-refractivity contribution in [2.45, 2.75) is 39.2 Å². The van der Waals surface area contributed by atoms with Crippen LogP contribution in [0.15, 0.2) is 48.5 Å². The molecular formula is C25H30FN3O. The summed E-state index contributed by atoms with van der Waals surface area (Å²) in [4.78, 5) is 14.8. The van der Waals surface area contributed by atoms with Crippen LogP contribution in [0.5, 0.6) is 0 Å². The Hall–Kier alpha value is -2.66. The molecule has 0 unspecified atom stereocenters. The van der Waals surface area contributed by atoms with Gasteiger partial charge in [0.2, 0.25) is 0 Å². The van der Waals surface area contributed by atoms with Gasteiger partial charge in [0.1, 0.15) is 5.82 Å². The third kappa shape index (κ3) is 4.41. The summed E-state index contributed by atoms with van der Waals surface area (Å²) in [7, 11) is 0. The van der Waals surface area contributed by atoms with Crippen molar-refractivity contribution in [2.24, 2.45) is 0 Å². The number of likely N-dealkylation sites (tertiary alicyclic amines) is 1. The molecule has 5 heteroatoms. The lowest BCUT2D eigenvalue weighted by Crippen LogP contribution is -2.36.